The smallest absolute Gasteiger partial charge is 0.128 e. The summed E-state index contributed by atoms with van der Waals surface area (Å²) in [7, 11) is 0. The molecule has 0 amide bonds. The number of para-hydroxylation sites is 1. The van der Waals surface area contributed by atoms with Crippen LogP contribution in [0.3, 0.4) is 0 Å². The minimum absolute atomic E-state index is 0.355. The lowest BCUT2D eigenvalue weighted by Gasteiger charge is -2.36. The molecule has 37 heavy (non-hydrogen) atoms. The number of nitrogens with one attached hydrogen (secondary N) is 2. The molecule has 1 spiro atoms. The normalized spacial score (nSPS) is 21.7. The van der Waals surface area contributed by atoms with Crippen molar-refractivity contribution in [3.05, 3.63) is 65.4 Å². The van der Waals surface area contributed by atoms with Crippen LogP contribution >= 0.6 is 0 Å². The van der Waals surface area contributed by atoms with Crippen LogP contribution in [0.15, 0.2) is 42.5 Å². The molecule has 2 fully saturated rings. The number of H-pyrrole nitrogens is 1. The van der Waals surface area contributed by atoms with Gasteiger partial charge in [0.25, 0.3) is 0 Å². The van der Waals surface area contributed by atoms with Gasteiger partial charge < -0.3 is 15.2 Å². The van der Waals surface area contributed by atoms with Crippen LogP contribution in [0.2, 0.25) is 0 Å². The molecule has 1 unspecified atom stereocenters. The summed E-state index contributed by atoms with van der Waals surface area (Å²) < 4.78 is 40.4. The Morgan fingerprint density at radius 1 is 1.03 bits per heavy atom. The summed E-state index contributed by atoms with van der Waals surface area (Å²) in [6.07, 6.45) is 4.46. The molecule has 0 radical (unpaired) electrons. The quantitative estimate of drug-likeness (QED) is 0.438. The standard InChI is InChI=1S/C16H21FN2.C14H18F2N2/c1-11-8-13-12-6-4-5-7-14(12)18-15(13)9-19(11)10-16(2,3)17;15-11-7-12(16)9-13(8-11)18-6-3-14(10-18)1-4-17-5-2-14/h4-7,11,18H,8-10H2,1-3H3;7-9,17H,1-6,10H2. The zero-order valence-electron chi connectivity index (χ0n) is 22.2. The summed E-state index contributed by atoms with van der Waals surface area (Å²) in [4.78, 5) is 7.84. The summed E-state index contributed by atoms with van der Waals surface area (Å²) in [5.74, 6) is -0.979. The Bertz CT molecular complexity index is 1210. The van der Waals surface area contributed by atoms with Crippen LogP contribution in [-0.2, 0) is 13.0 Å². The first kappa shape index (κ1) is 26.1. The summed E-state index contributed by atoms with van der Waals surface area (Å²) in [5, 5.41) is 4.69. The van der Waals surface area contributed by atoms with Crippen molar-refractivity contribution in [2.24, 2.45) is 5.41 Å². The second-order valence-electron chi connectivity index (χ2n) is 11.9. The van der Waals surface area contributed by atoms with Gasteiger partial charge in [0.2, 0.25) is 0 Å². The molecule has 1 aromatic heterocycles. The third kappa shape index (κ3) is 5.99. The average molecular weight is 513 g/mol. The average Bonchev–Trinajstić information content (AvgIpc) is 3.40. The molecular weight excluding hydrogens is 473 g/mol. The fourth-order valence-corrected chi connectivity index (χ4v) is 6.34. The van der Waals surface area contributed by atoms with E-state index >= 15 is 0 Å². The Kier molecular flexibility index (Phi) is 7.29. The molecule has 6 rings (SSSR count). The third-order valence-corrected chi connectivity index (χ3v) is 8.28. The van der Waals surface area contributed by atoms with E-state index in [2.05, 4.69) is 51.3 Å². The number of rotatable bonds is 3. The molecule has 3 aromatic rings. The highest BCUT2D eigenvalue weighted by Crippen LogP contribution is 2.40. The van der Waals surface area contributed by atoms with Gasteiger partial charge in [0.05, 0.1) is 0 Å². The minimum Gasteiger partial charge on any atom is -0.371 e. The van der Waals surface area contributed by atoms with E-state index in [1.54, 1.807) is 13.8 Å². The highest BCUT2D eigenvalue weighted by Gasteiger charge is 2.39. The summed E-state index contributed by atoms with van der Waals surface area (Å²) >= 11 is 0. The van der Waals surface area contributed by atoms with E-state index in [0.29, 0.717) is 23.7 Å². The molecule has 4 heterocycles. The van der Waals surface area contributed by atoms with E-state index in [-0.39, 0.29) is 0 Å². The fraction of sp³-hybridized carbons (Fsp3) is 0.533. The van der Waals surface area contributed by atoms with Gasteiger partial charge in [-0.05, 0) is 88.7 Å². The van der Waals surface area contributed by atoms with Crippen molar-refractivity contribution in [1.82, 2.24) is 15.2 Å². The number of alkyl halides is 1. The molecule has 1 atom stereocenters. The second-order valence-corrected chi connectivity index (χ2v) is 11.9. The Morgan fingerprint density at radius 2 is 1.73 bits per heavy atom. The number of hydrogen-bond acceptors (Lipinski definition) is 3. The highest BCUT2D eigenvalue weighted by molar-refractivity contribution is 5.84. The molecule has 0 saturated carbocycles. The minimum atomic E-state index is -1.14. The number of fused-ring (bicyclic) bond motifs is 3. The maximum atomic E-state index is 13.9. The second kappa shape index (κ2) is 10.3. The van der Waals surface area contributed by atoms with E-state index < -0.39 is 17.3 Å². The first-order valence-electron chi connectivity index (χ1n) is 13.5. The lowest BCUT2D eigenvalue weighted by Crippen LogP contribution is -2.44. The van der Waals surface area contributed by atoms with Gasteiger partial charge in [0, 0.05) is 60.6 Å². The van der Waals surface area contributed by atoms with Crippen molar-refractivity contribution in [1.29, 1.82) is 0 Å². The molecule has 3 aliphatic rings. The largest absolute Gasteiger partial charge is 0.371 e. The van der Waals surface area contributed by atoms with Gasteiger partial charge in [-0.15, -0.1) is 0 Å². The number of anilines is 1. The number of piperidine rings is 1. The molecule has 3 aliphatic heterocycles. The SMILES string of the molecule is CC1Cc2c([nH]c3ccccc23)CN1CC(C)(C)F.Fc1cc(F)cc(N2CCC3(CCNCC3)C2)c1. The van der Waals surface area contributed by atoms with Crippen molar-refractivity contribution in [3.63, 3.8) is 0 Å². The monoisotopic (exact) mass is 512 g/mol. The molecule has 7 heteroatoms. The van der Waals surface area contributed by atoms with Crippen LogP contribution < -0.4 is 10.2 Å². The maximum absolute atomic E-state index is 13.9. The molecular formula is C30H39F3N4. The molecule has 200 valence electrons. The van der Waals surface area contributed by atoms with Crippen molar-refractivity contribution < 1.29 is 13.2 Å². The van der Waals surface area contributed by atoms with E-state index in [1.807, 2.05) is 0 Å². The van der Waals surface area contributed by atoms with E-state index in [4.69, 9.17) is 0 Å². The topological polar surface area (TPSA) is 34.3 Å². The van der Waals surface area contributed by atoms with Crippen molar-refractivity contribution in [2.45, 2.75) is 64.7 Å². The zero-order chi connectivity index (χ0) is 26.2. The van der Waals surface area contributed by atoms with Crippen LogP contribution in [0.5, 0.6) is 0 Å². The van der Waals surface area contributed by atoms with Gasteiger partial charge in [-0.1, -0.05) is 18.2 Å². The fourth-order valence-electron chi connectivity index (χ4n) is 6.34. The molecule has 0 aliphatic carbocycles. The van der Waals surface area contributed by atoms with Gasteiger partial charge in [-0.3, -0.25) is 4.90 Å². The van der Waals surface area contributed by atoms with E-state index in [0.717, 1.165) is 51.6 Å². The number of hydrogen-bond donors (Lipinski definition) is 2. The van der Waals surface area contributed by atoms with Crippen LogP contribution in [0.4, 0.5) is 18.9 Å². The van der Waals surface area contributed by atoms with Crippen LogP contribution in [0, 0.1) is 17.0 Å². The van der Waals surface area contributed by atoms with Gasteiger partial charge >= 0.3 is 0 Å². The first-order valence-corrected chi connectivity index (χ1v) is 13.5. The van der Waals surface area contributed by atoms with Crippen molar-refractivity contribution in [2.75, 3.05) is 37.6 Å². The van der Waals surface area contributed by atoms with Gasteiger partial charge in [0.1, 0.15) is 17.3 Å². The summed E-state index contributed by atoms with van der Waals surface area (Å²) in [6, 6.07) is 12.6. The molecule has 2 N–H and O–H groups in total. The predicted molar refractivity (Wildman–Crippen MR) is 145 cm³/mol. The Morgan fingerprint density at radius 3 is 2.43 bits per heavy atom. The van der Waals surface area contributed by atoms with Crippen LogP contribution in [0.25, 0.3) is 10.9 Å². The lowest BCUT2D eigenvalue weighted by atomic mass is 9.78. The highest BCUT2D eigenvalue weighted by atomic mass is 19.1. The third-order valence-electron chi connectivity index (χ3n) is 8.28. The number of aromatic nitrogens is 1. The van der Waals surface area contributed by atoms with E-state index in [1.165, 1.54) is 47.1 Å². The maximum Gasteiger partial charge on any atom is 0.128 e. The Labute approximate surface area is 218 Å². The van der Waals surface area contributed by atoms with Crippen molar-refractivity contribution >= 4 is 16.6 Å². The number of benzene rings is 2. The van der Waals surface area contributed by atoms with E-state index in [9.17, 15) is 13.2 Å². The Balaban J connectivity index is 0.000000152. The summed E-state index contributed by atoms with van der Waals surface area (Å²) in [6.45, 7) is 10.8. The Hall–Kier alpha value is -2.51. The van der Waals surface area contributed by atoms with Gasteiger partial charge in [-0.2, -0.15) is 0 Å². The first-order chi connectivity index (χ1) is 17.6. The number of aromatic amines is 1. The van der Waals surface area contributed by atoms with Gasteiger partial charge in [0.15, 0.2) is 0 Å². The lowest BCUT2D eigenvalue weighted by molar-refractivity contribution is 0.0853. The van der Waals surface area contributed by atoms with Crippen LogP contribution in [0.1, 0.15) is 51.3 Å². The summed E-state index contributed by atoms with van der Waals surface area (Å²) in [5.41, 5.74) is 3.76. The molecule has 2 aromatic carbocycles. The molecule has 2 saturated heterocycles. The molecule has 0 bridgehead atoms. The molecule has 4 nitrogen and oxygen atoms in total. The van der Waals surface area contributed by atoms with Crippen molar-refractivity contribution in [3.8, 4) is 0 Å². The number of nitrogens with zero attached hydrogens (tertiary/aromatic N) is 2. The predicted octanol–water partition coefficient (Wildman–Crippen LogP) is 6.21. The zero-order valence-corrected chi connectivity index (χ0v) is 22.2. The van der Waals surface area contributed by atoms with Crippen LogP contribution in [-0.4, -0.2) is 54.3 Å². The number of halogens is 3. The van der Waals surface area contributed by atoms with Gasteiger partial charge in [-0.25, -0.2) is 13.2 Å².